The minimum absolute atomic E-state index is 0.0673. The molecule has 0 saturated carbocycles. The largest absolute Gasteiger partial charge is 0.496 e. The van der Waals surface area contributed by atoms with Crippen LogP contribution in [0.25, 0.3) is 0 Å². The maximum Gasteiger partial charge on any atom is 0.410 e. The van der Waals surface area contributed by atoms with E-state index >= 15 is 0 Å². The normalized spacial score (nSPS) is 18.8. The van der Waals surface area contributed by atoms with E-state index in [9.17, 15) is 4.79 Å². The van der Waals surface area contributed by atoms with Gasteiger partial charge in [0.2, 0.25) is 0 Å². The Morgan fingerprint density at radius 1 is 1.15 bits per heavy atom. The summed E-state index contributed by atoms with van der Waals surface area (Å²) in [4.78, 5) is 15.0. The minimum atomic E-state index is -0.545. The predicted octanol–water partition coefficient (Wildman–Crippen LogP) is 5.84. The highest BCUT2D eigenvalue weighted by Gasteiger charge is 2.37. The highest BCUT2D eigenvalue weighted by molar-refractivity contribution is 5.69. The molecule has 1 N–H and O–H groups in total. The van der Waals surface area contributed by atoms with E-state index in [1.165, 1.54) is 0 Å². The number of amides is 1. The van der Waals surface area contributed by atoms with Crippen LogP contribution in [0.15, 0.2) is 48.5 Å². The molecule has 2 aromatic rings. The van der Waals surface area contributed by atoms with Crippen LogP contribution in [-0.4, -0.2) is 36.3 Å². The van der Waals surface area contributed by atoms with Gasteiger partial charge in [0.15, 0.2) is 0 Å². The third kappa shape index (κ3) is 6.12. The molecule has 1 amide bonds. The van der Waals surface area contributed by atoms with Gasteiger partial charge in [0.05, 0.1) is 18.6 Å². The molecule has 0 radical (unpaired) electrons. The molecule has 1 heterocycles. The van der Waals surface area contributed by atoms with Gasteiger partial charge in [-0.15, -0.1) is 6.42 Å². The number of methoxy groups -OCH3 is 1. The molecular weight excluding hydrogens is 424 g/mol. The van der Waals surface area contributed by atoms with Gasteiger partial charge in [-0.1, -0.05) is 42.3 Å². The molecule has 3 rings (SSSR count). The number of hydrogen-bond acceptors (Lipinski definition) is 4. The van der Waals surface area contributed by atoms with Gasteiger partial charge in [-0.25, -0.2) is 4.79 Å². The summed E-state index contributed by atoms with van der Waals surface area (Å²) in [6, 6.07) is 16.3. The van der Waals surface area contributed by atoms with Crippen molar-refractivity contribution in [2.75, 3.05) is 13.7 Å². The zero-order chi connectivity index (χ0) is 24.9. The van der Waals surface area contributed by atoms with Crippen molar-refractivity contribution in [3.63, 3.8) is 0 Å². The van der Waals surface area contributed by atoms with E-state index in [0.717, 1.165) is 35.3 Å². The SMILES string of the molecule is C#CC(C)(C)c1ccc(OC)c(CN[C@H]2CCCN(C(=O)OC(C)(C)C)[C@H]2c2ccccc2)c1. The first-order valence-electron chi connectivity index (χ1n) is 12.0. The number of rotatable bonds is 6. The lowest BCUT2D eigenvalue weighted by Crippen LogP contribution is -2.51. The molecule has 0 unspecified atom stereocenters. The summed E-state index contributed by atoms with van der Waals surface area (Å²) < 4.78 is 11.4. The first-order chi connectivity index (χ1) is 16.1. The Hall–Kier alpha value is -2.97. The number of nitrogens with zero attached hydrogens (tertiary/aromatic N) is 1. The van der Waals surface area contributed by atoms with Crippen molar-refractivity contribution in [2.24, 2.45) is 0 Å². The van der Waals surface area contributed by atoms with E-state index in [0.29, 0.717) is 13.1 Å². The van der Waals surface area contributed by atoms with Crippen molar-refractivity contribution in [3.8, 4) is 18.1 Å². The summed E-state index contributed by atoms with van der Waals surface area (Å²) in [6.45, 7) is 11.1. The Morgan fingerprint density at radius 2 is 1.85 bits per heavy atom. The molecular formula is C29H38N2O3. The number of carbonyl (C=O) groups excluding carboxylic acids is 1. The number of ether oxygens (including phenoxy) is 2. The second kappa shape index (κ2) is 10.5. The number of benzene rings is 2. The molecule has 182 valence electrons. The van der Waals surface area contributed by atoms with E-state index in [2.05, 4.69) is 29.4 Å². The maximum absolute atomic E-state index is 13.1. The van der Waals surface area contributed by atoms with Crippen LogP contribution >= 0.6 is 0 Å². The second-order valence-corrected chi connectivity index (χ2v) is 10.5. The zero-order valence-corrected chi connectivity index (χ0v) is 21.4. The molecule has 0 spiro atoms. The summed E-state index contributed by atoms with van der Waals surface area (Å²) in [5.74, 6) is 3.69. The van der Waals surface area contributed by atoms with Crippen LogP contribution < -0.4 is 10.1 Å². The second-order valence-electron chi connectivity index (χ2n) is 10.5. The lowest BCUT2D eigenvalue weighted by atomic mass is 9.84. The number of likely N-dealkylation sites (tertiary alicyclic amines) is 1. The Labute approximate surface area is 204 Å². The van der Waals surface area contributed by atoms with E-state index in [1.807, 2.05) is 69.9 Å². The van der Waals surface area contributed by atoms with Gasteiger partial charge < -0.3 is 14.8 Å². The molecule has 2 aromatic carbocycles. The van der Waals surface area contributed by atoms with Crippen LogP contribution in [0.4, 0.5) is 4.79 Å². The quantitative estimate of drug-likeness (QED) is 0.548. The Balaban J connectivity index is 1.88. The third-order valence-corrected chi connectivity index (χ3v) is 6.32. The van der Waals surface area contributed by atoms with Crippen molar-refractivity contribution < 1.29 is 14.3 Å². The van der Waals surface area contributed by atoms with Gasteiger partial charge in [-0.05, 0) is 70.7 Å². The number of nitrogens with one attached hydrogen (secondary N) is 1. The molecule has 0 aromatic heterocycles. The molecule has 5 heteroatoms. The Bertz CT molecular complexity index is 1020. The van der Waals surface area contributed by atoms with Crippen molar-refractivity contribution >= 4 is 6.09 Å². The molecule has 1 saturated heterocycles. The van der Waals surface area contributed by atoms with Crippen LogP contribution in [0.2, 0.25) is 0 Å². The molecule has 1 aliphatic rings. The minimum Gasteiger partial charge on any atom is -0.496 e. The monoisotopic (exact) mass is 462 g/mol. The molecule has 0 bridgehead atoms. The standard InChI is InChI=1S/C29H38N2O3/c1-8-29(5,6)23-16-17-25(33-7)22(19-23)20-30-24-15-12-18-31(27(32)34-28(2,3)4)26(24)21-13-10-9-11-14-21/h1,9-11,13-14,16-17,19,24,26,30H,12,15,18,20H2,2-7H3/t24-,26-/m0/s1. The summed E-state index contributed by atoms with van der Waals surface area (Å²) in [5, 5.41) is 3.72. The number of piperidine rings is 1. The molecule has 1 fully saturated rings. The molecule has 34 heavy (non-hydrogen) atoms. The molecule has 1 aliphatic heterocycles. The number of hydrogen-bond donors (Lipinski definition) is 1. The smallest absolute Gasteiger partial charge is 0.410 e. The fraction of sp³-hybridized carbons (Fsp3) is 0.483. The maximum atomic E-state index is 13.1. The summed E-state index contributed by atoms with van der Waals surface area (Å²) in [5.41, 5.74) is 2.30. The highest BCUT2D eigenvalue weighted by Crippen LogP contribution is 2.34. The van der Waals surface area contributed by atoms with E-state index in [-0.39, 0.29) is 23.6 Å². The Kier molecular flexibility index (Phi) is 7.94. The first-order valence-corrected chi connectivity index (χ1v) is 12.0. The van der Waals surface area contributed by atoms with Crippen molar-refractivity contribution in [1.29, 1.82) is 0 Å². The zero-order valence-electron chi connectivity index (χ0n) is 21.4. The van der Waals surface area contributed by atoms with Crippen LogP contribution in [0, 0.1) is 12.3 Å². The Morgan fingerprint density at radius 3 is 2.47 bits per heavy atom. The lowest BCUT2D eigenvalue weighted by Gasteiger charge is -2.42. The van der Waals surface area contributed by atoms with Gasteiger partial charge >= 0.3 is 6.09 Å². The summed E-state index contributed by atoms with van der Waals surface area (Å²) >= 11 is 0. The highest BCUT2D eigenvalue weighted by atomic mass is 16.6. The van der Waals surface area contributed by atoms with Crippen molar-refractivity contribution in [2.45, 2.75) is 77.1 Å². The van der Waals surface area contributed by atoms with Crippen molar-refractivity contribution in [1.82, 2.24) is 10.2 Å². The van der Waals surface area contributed by atoms with Crippen LogP contribution in [-0.2, 0) is 16.7 Å². The van der Waals surface area contributed by atoms with Gasteiger partial charge in [-0.3, -0.25) is 4.90 Å². The molecule has 2 atom stereocenters. The predicted molar refractivity (Wildman–Crippen MR) is 137 cm³/mol. The first kappa shape index (κ1) is 25.6. The van der Waals surface area contributed by atoms with E-state index in [1.54, 1.807) is 7.11 Å². The van der Waals surface area contributed by atoms with Gasteiger partial charge in [0, 0.05) is 24.7 Å². The van der Waals surface area contributed by atoms with Gasteiger partial charge in [0.1, 0.15) is 11.4 Å². The van der Waals surface area contributed by atoms with Gasteiger partial charge in [-0.2, -0.15) is 0 Å². The fourth-order valence-electron chi connectivity index (χ4n) is 4.43. The average molecular weight is 463 g/mol. The van der Waals surface area contributed by atoms with Gasteiger partial charge in [0.25, 0.3) is 0 Å². The van der Waals surface area contributed by atoms with Crippen molar-refractivity contribution in [3.05, 3.63) is 65.2 Å². The molecule has 5 nitrogen and oxygen atoms in total. The van der Waals surface area contributed by atoms with Crippen LogP contribution in [0.1, 0.15) is 70.2 Å². The lowest BCUT2D eigenvalue weighted by molar-refractivity contribution is 0.00380. The van der Waals surface area contributed by atoms with E-state index in [4.69, 9.17) is 15.9 Å². The average Bonchev–Trinajstić information content (AvgIpc) is 2.81. The third-order valence-electron chi connectivity index (χ3n) is 6.32. The van der Waals surface area contributed by atoms with Crippen LogP contribution in [0.5, 0.6) is 5.75 Å². The fourth-order valence-corrected chi connectivity index (χ4v) is 4.43. The molecule has 0 aliphatic carbocycles. The van der Waals surface area contributed by atoms with E-state index < -0.39 is 5.60 Å². The number of terminal acetylenes is 1. The summed E-state index contributed by atoms with van der Waals surface area (Å²) in [6.07, 6.45) is 7.36. The number of carbonyl (C=O) groups is 1. The summed E-state index contributed by atoms with van der Waals surface area (Å²) in [7, 11) is 1.68. The topological polar surface area (TPSA) is 50.8 Å². The van der Waals surface area contributed by atoms with Crippen LogP contribution in [0.3, 0.4) is 0 Å².